The molecule has 5 nitrogen and oxygen atoms in total. The summed E-state index contributed by atoms with van der Waals surface area (Å²) < 4.78 is 0. The monoisotopic (exact) mass is 440 g/mol. The van der Waals surface area contributed by atoms with Gasteiger partial charge in [-0.2, -0.15) is 0 Å². The van der Waals surface area contributed by atoms with Crippen LogP contribution in [-0.2, 0) is 9.59 Å². The van der Waals surface area contributed by atoms with E-state index in [4.69, 9.17) is 0 Å². The molecule has 5 aliphatic rings. The molecule has 3 fully saturated rings. The molecule has 2 aromatic carbocycles. The highest BCUT2D eigenvalue weighted by Crippen LogP contribution is 2.65. The zero-order chi connectivity index (χ0) is 23.0. The summed E-state index contributed by atoms with van der Waals surface area (Å²) in [5.74, 6) is 0.523. The molecule has 2 saturated carbocycles. The van der Waals surface area contributed by atoms with Crippen LogP contribution in [-0.4, -0.2) is 29.3 Å². The molecule has 6 unspecified atom stereocenters. The van der Waals surface area contributed by atoms with Crippen molar-refractivity contribution in [2.75, 3.05) is 11.6 Å². The fourth-order valence-corrected chi connectivity index (χ4v) is 6.43. The molecule has 0 aromatic heterocycles. The van der Waals surface area contributed by atoms with Crippen molar-refractivity contribution in [1.29, 1.82) is 0 Å². The minimum Gasteiger partial charge on any atom is -0.289 e. The first-order valence-corrected chi connectivity index (χ1v) is 11.8. The number of benzene rings is 2. The number of anilines is 1. The number of allylic oxidation sites excluding steroid dienone is 2. The number of likely N-dealkylation sites (tertiary alicyclic amines) is 1. The lowest BCUT2D eigenvalue weighted by molar-refractivity contribution is -0.140. The summed E-state index contributed by atoms with van der Waals surface area (Å²) >= 11 is 0. The summed E-state index contributed by atoms with van der Waals surface area (Å²) in [5.41, 5.74) is 4.38. The van der Waals surface area contributed by atoms with Gasteiger partial charge in [0.2, 0.25) is 11.8 Å². The Morgan fingerprint density at radius 2 is 1.52 bits per heavy atom. The molecule has 0 radical (unpaired) electrons. The number of carbonyl (C=O) groups excluding carboxylic acids is 3. The van der Waals surface area contributed by atoms with E-state index in [1.165, 1.54) is 4.90 Å². The van der Waals surface area contributed by atoms with E-state index in [0.717, 1.165) is 28.8 Å². The van der Waals surface area contributed by atoms with Crippen molar-refractivity contribution in [3.05, 3.63) is 76.9 Å². The van der Waals surface area contributed by atoms with E-state index >= 15 is 0 Å². The van der Waals surface area contributed by atoms with Gasteiger partial charge in [0.1, 0.15) is 6.67 Å². The molecule has 1 aliphatic heterocycles. The molecule has 0 N–H and O–H groups in total. The molecule has 1 heterocycles. The standard InChI is InChI=1S/C28H28N2O3/c1-15-7-9-18(10-8-15)26(31)29(23-6-4-5-16(2)17(23)3)14-30-27(32)24-19-11-12-20(22-13-21(19)22)25(24)28(30)33/h4-12,19-22,24-25H,13-14H2,1-3H3. The highest BCUT2D eigenvalue weighted by molar-refractivity contribution is 6.10. The van der Waals surface area contributed by atoms with Gasteiger partial charge in [-0.25, -0.2) is 0 Å². The highest BCUT2D eigenvalue weighted by atomic mass is 16.2. The summed E-state index contributed by atoms with van der Waals surface area (Å²) in [4.78, 5) is 43.8. The van der Waals surface area contributed by atoms with Crippen molar-refractivity contribution < 1.29 is 14.4 Å². The van der Waals surface area contributed by atoms with E-state index in [1.54, 1.807) is 17.0 Å². The van der Waals surface area contributed by atoms with Crippen molar-refractivity contribution in [3.8, 4) is 0 Å². The van der Waals surface area contributed by atoms with E-state index < -0.39 is 0 Å². The summed E-state index contributed by atoms with van der Waals surface area (Å²) in [6, 6.07) is 13.2. The third kappa shape index (κ3) is 2.94. The van der Waals surface area contributed by atoms with Crippen LogP contribution in [0.25, 0.3) is 0 Å². The van der Waals surface area contributed by atoms with Gasteiger partial charge < -0.3 is 0 Å². The molecule has 168 valence electrons. The van der Waals surface area contributed by atoms with E-state index in [2.05, 4.69) is 12.2 Å². The first kappa shape index (κ1) is 20.4. The average molecular weight is 441 g/mol. The van der Waals surface area contributed by atoms with Gasteiger partial charge in [-0.3, -0.25) is 24.2 Å². The van der Waals surface area contributed by atoms with Gasteiger partial charge in [0, 0.05) is 11.3 Å². The Morgan fingerprint density at radius 1 is 0.909 bits per heavy atom. The van der Waals surface area contributed by atoms with Gasteiger partial charge in [0.05, 0.1) is 11.8 Å². The van der Waals surface area contributed by atoms with Crippen molar-refractivity contribution in [1.82, 2.24) is 4.90 Å². The molecule has 6 atom stereocenters. The summed E-state index contributed by atoms with van der Waals surface area (Å²) in [6.07, 6.45) is 5.49. The maximum Gasteiger partial charge on any atom is 0.259 e. The van der Waals surface area contributed by atoms with Gasteiger partial charge in [0.15, 0.2) is 0 Å². The fraction of sp³-hybridized carbons (Fsp3) is 0.393. The summed E-state index contributed by atoms with van der Waals surface area (Å²) in [6.45, 7) is 5.91. The van der Waals surface area contributed by atoms with Crippen LogP contribution in [0.15, 0.2) is 54.6 Å². The van der Waals surface area contributed by atoms with Gasteiger partial charge in [0.25, 0.3) is 5.91 Å². The van der Waals surface area contributed by atoms with Crippen LogP contribution in [0.3, 0.4) is 0 Å². The van der Waals surface area contributed by atoms with Gasteiger partial charge in [-0.1, -0.05) is 42.0 Å². The van der Waals surface area contributed by atoms with Crippen molar-refractivity contribution in [2.45, 2.75) is 27.2 Å². The molecule has 7 rings (SSSR count). The Balaban J connectivity index is 1.37. The third-order valence-corrected chi connectivity index (χ3v) is 8.45. The van der Waals surface area contributed by atoms with E-state index in [9.17, 15) is 14.4 Å². The number of amides is 3. The molecule has 1 saturated heterocycles. The maximum absolute atomic E-state index is 13.7. The molecular formula is C28H28N2O3. The minimum absolute atomic E-state index is 0.0452. The number of aryl methyl sites for hydroxylation is 2. The normalized spacial score (nSPS) is 30.9. The molecular weight excluding hydrogens is 412 g/mol. The number of carbonyl (C=O) groups is 3. The lowest BCUT2D eigenvalue weighted by Crippen LogP contribution is -2.45. The Bertz CT molecular complexity index is 1180. The molecule has 33 heavy (non-hydrogen) atoms. The summed E-state index contributed by atoms with van der Waals surface area (Å²) in [5, 5.41) is 0. The molecule has 4 aliphatic carbocycles. The van der Waals surface area contributed by atoms with Crippen LogP contribution in [0, 0.1) is 56.3 Å². The molecule has 2 bridgehead atoms. The first-order chi connectivity index (χ1) is 15.9. The number of rotatable bonds is 4. The number of imide groups is 1. The van der Waals surface area contributed by atoms with E-state index in [-0.39, 0.29) is 48.1 Å². The van der Waals surface area contributed by atoms with Crippen LogP contribution in [0.1, 0.15) is 33.5 Å². The maximum atomic E-state index is 13.7. The second-order valence-corrected chi connectivity index (χ2v) is 10.2. The molecule has 5 heteroatoms. The molecule has 2 aromatic rings. The predicted octanol–water partition coefficient (Wildman–Crippen LogP) is 4.27. The SMILES string of the molecule is Cc1ccc(C(=O)N(CN2C(=O)C3C4C=CC(C5CC45)C3C2=O)c2cccc(C)c2C)cc1. The van der Waals surface area contributed by atoms with E-state index in [0.29, 0.717) is 17.4 Å². The van der Waals surface area contributed by atoms with Crippen molar-refractivity contribution in [2.24, 2.45) is 35.5 Å². The van der Waals surface area contributed by atoms with Crippen LogP contribution < -0.4 is 4.90 Å². The lowest BCUT2D eigenvalue weighted by atomic mass is 9.63. The number of hydrogen-bond acceptors (Lipinski definition) is 3. The van der Waals surface area contributed by atoms with Gasteiger partial charge in [-0.15, -0.1) is 0 Å². The Morgan fingerprint density at radius 3 is 2.12 bits per heavy atom. The minimum atomic E-state index is -0.258. The average Bonchev–Trinajstić information content (AvgIpc) is 3.60. The number of nitrogens with zero attached hydrogens (tertiary/aromatic N) is 2. The zero-order valence-corrected chi connectivity index (χ0v) is 19.2. The lowest BCUT2D eigenvalue weighted by Gasteiger charge is -2.37. The molecule has 3 amide bonds. The quantitative estimate of drug-likeness (QED) is 0.527. The molecule has 0 spiro atoms. The Kier molecular flexibility index (Phi) is 4.42. The largest absolute Gasteiger partial charge is 0.289 e. The highest BCUT2D eigenvalue weighted by Gasteiger charge is 2.67. The second kappa shape index (κ2) is 7.14. The topological polar surface area (TPSA) is 57.7 Å². The third-order valence-electron chi connectivity index (χ3n) is 8.45. The van der Waals surface area contributed by atoms with E-state index in [1.807, 2.05) is 51.1 Å². The smallest absolute Gasteiger partial charge is 0.259 e. The van der Waals surface area contributed by atoms with Crippen LogP contribution >= 0.6 is 0 Å². The van der Waals surface area contributed by atoms with Crippen LogP contribution in [0.5, 0.6) is 0 Å². The zero-order valence-electron chi connectivity index (χ0n) is 19.2. The van der Waals surface area contributed by atoms with Crippen molar-refractivity contribution in [3.63, 3.8) is 0 Å². The van der Waals surface area contributed by atoms with Gasteiger partial charge in [-0.05, 0) is 80.2 Å². The number of hydrogen-bond donors (Lipinski definition) is 0. The van der Waals surface area contributed by atoms with Crippen LogP contribution in [0.2, 0.25) is 0 Å². The van der Waals surface area contributed by atoms with Crippen molar-refractivity contribution >= 4 is 23.4 Å². The Hall–Kier alpha value is -3.21. The van der Waals surface area contributed by atoms with Crippen LogP contribution in [0.4, 0.5) is 5.69 Å². The predicted molar refractivity (Wildman–Crippen MR) is 125 cm³/mol. The second-order valence-electron chi connectivity index (χ2n) is 10.2. The Labute approximate surface area is 194 Å². The first-order valence-electron chi connectivity index (χ1n) is 11.8. The fourth-order valence-electron chi connectivity index (χ4n) is 6.43. The van der Waals surface area contributed by atoms with Gasteiger partial charge >= 0.3 is 0 Å². The summed E-state index contributed by atoms with van der Waals surface area (Å²) in [7, 11) is 0.